The number of carbonyl (C=O) groups excluding carboxylic acids is 2. The van der Waals surface area contributed by atoms with Crippen LogP contribution in [-0.2, 0) is 9.59 Å². The molecule has 1 aliphatic heterocycles. The third kappa shape index (κ3) is 4.55. The van der Waals surface area contributed by atoms with Gasteiger partial charge in [-0.3, -0.25) is 14.5 Å². The maximum atomic E-state index is 13.3. The van der Waals surface area contributed by atoms with Crippen LogP contribution in [0.5, 0.6) is 17.2 Å². The zero-order chi connectivity index (χ0) is 25.1. The summed E-state index contributed by atoms with van der Waals surface area (Å²) in [6.45, 7) is 2.30. The molecule has 1 heterocycles. The van der Waals surface area contributed by atoms with Crippen LogP contribution >= 0.6 is 11.6 Å². The monoisotopic (exact) mass is 493 g/mol. The molecule has 1 aliphatic rings. The molecule has 0 radical (unpaired) electrons. The predicted octanol–water partition coefficient (Wildman–Crippen LogP) is 5.38. The maximum absolute atomic E-state index is 13.3. The Morgan fingerprint density at radius 3 is 2.34 bits per heavy atom. The lowest BCUT2D eigenvalue weighted by Crippen LogP contribution is -2.29. The van der Waals surface area contributed by atoms with Crippen molar-refractivity contribution in [1.29, 1.82) is 0 Å². The molecule has 0 saturated carbocycles. The number of amides is 1. The molecule has 0 aromatic heterocycles. The minimum atomic E-state index is -0.928. The van der Waals surface area contributed by atoms with Gasteiger partial charge in [0.1, 0.15) is 11.5 Å². The van der Waals surface area contributed by atoms with Crippen LogP contribution in [0.1, 0.15) is 24.1 Å². The molecule has 7 nitrogen and oxygen atoms in total. The van der Waals surface area contributed by atoms with E-state index in [1.165, 1.54) is 19.1 Å². The molecule has 3 aromatic rings. The van der Waals surface area contributed by atoms with Crippen LogP contribution in [0.3, 0.4) is 0 Å². The minimum absolute atomic E-state index is 0.0497. The first-order valence-corrected chi connectivity index (χ1v) is 11.3. The molecular weight excluding hydrogens is 470 g/mol. The average Bonchev–Trinajstić information content (AvgIpc) is 3.14. The molecule has 0 aliphatic carbocycles. The van der Waals surface area contributed by atoms with Gasteiger partial charge in [0.15, 0.2) is 11.5 Å². The first-order chi connectivity index (χ1) is 16.9. The highest BCUT2D eigenvalue weighted by Gasteiger charge is 2.47. The van der Waals surface area contributed by atoms with E-state index in [1.54, 1.807) is 66.7 Å². The van der Waals surface area contributed by atoms with Crippen molar-refractivity contribution >= 4 is 34.7 Å². The number of Topliss-reactive ketones (excluding diaryl/α,β-unsaturated/α-hetero) is 1. The van der Waals surface area contributed by atoms with E-state index in [9.17, 15) is 14.7 Å². The summed E-state index contributed by atoms with van der Waals surface area (Å²) in [6.07, 6.45) is 0. The van der Waals surface area contributed by atoms with Gasteiger partial charge in [0.2, 0.25) is 0 Å². The van der Waals surface area contributed by atoms with Gasteiger partial charge in [0, 0.05) is 22.3 Å². The first-order valence-electron chi connectivity index (χ1n) is 10.9. The van der Waals surface area contributed by atoms with Gasteiger partial charge in [0.25, 0.3) is 11.7 Å². The summed E-state index contributed by atoms with van der Waals surface area (Å²) in [5, 5.41) is 11.7. The van der Waals surface area contributed by atoms with Crippen LogP contribution in [0.4, 0.5) is 5.69 Å². The number of carbonyl (C=O) groups is 2. The molecule has 0 bridgehead atoms. The van der Waals surface area contributed by atoms with E-state index in [4.69, 9.17) is 25.8 Å². The van der Waals surface area contributed by atoms with Crippen molar-refractivity contribution in [3.63, 3.8) is 0 Å². The molecule has 1 unspecified atom stereocenters. The Bertz CT molecular complexity index is 1300. The number of ketones is 1. The van der Waals surface area contributed by atoms with Gasteiger partial charge in [-0.1, -0.05) is 23.7 Å². The highest BCUT2D eigenvalue weighted by atomic mass is 35.5. The average molecular weight is 494 g/mol. The lowest BCUT2D eigenvalue weighted by Gasteiger charge is -2.26. The van der Waals surface area contributed by atoms with Crippen LogP contribution in [0, 0.1) is 0 Å². The molecule has 35 heavy (non-hydrogen) atoms. The van der Waals surface area contributed by atoms with Crippen molar-refractivity contribution in [2.75, 3.05) is 25.7 Å². The topological polar surface area (TPSA) is 85.3 Å². The fourth-order valence-corrected chi connectivity index (χ4v) is 4.22. The van der Waals surface area contributed by atoms with Gasteiger partial charge in [0.05, 0.1) is 32.4 Å². The van der Waals surface area contributed by atoms with E-state index in [0.717, 1.165) is 0 Å². The van der Waals surface area contributed by atoms with Gasteiger partial charge in [-0.25, -0.2) is 0 Å². The van der Waals surface area contributed by atoms with E-state index < -0.39 is 17.7 Å². The SMILES string of the molecule is CCOc1cccc(N2C(=O)C(=O)/C(=C(\O)c3ccc(Cl)cc3)C2c2ccc(OC)c(OC)c2)c1. The molecule has 1 amide bonds. The first kappa shape index (κ1) is 24.2. The molecule has 8 heteroatoms. The van der Waals surface area contributed by atoms with E-state index in [0.29, 0.717) is 45.7 Å². The molecule has 3 aromatic carbocycles. The number of nitrogens with zero attached hydrogens (tertiary/aromatic N) is 1. The van der Waals surface area contributed by atoms with Crippen LogP contribution in [0.15, 0.2) is 72.3 Å². The Labute approximate surface area is 208 Å². The molecule has 0 spiro atoms. The number of hydrogen-bond donors (Lipinski definition) is 1. The van der Waals surface area contributed by atoms with Crippen molar-refractivity contribution < 1.29 is 28.9 Å². The Morgan fingerprint density at radius 1 is 0.971 bits per heavy atom. The quantitative estimate of drug-likeness (QED) is 0.270. The third-order valence-electron chi connectivity index (χ3n) is 5.69. The fourth-order valence-electron chi connectivity index (χ4n) is 4.09. The molecule has 180 valence electrons. The van der Waals surface area contributed by atoms with Crippen molar-refractivity contribution in [2.45, 2.75) is 13.0 Å². The normalized spacial score (nSPS) is 16.9. The Morgan fingerprint density at radius 2 is 1.69 bits per heavy atom. The number of ether oxygens (including phenoxy) is 3. The zero-order valence-corrected chi connectivity index (χ0v) is 20.2. The number of aliphatic hydroxyl groups is 1. The van der Waals surface area contributed by atoms with Crippen molar-refractivity contribution in [3.8, 4) is 17.2 Å². The largest absolute Gasteiger partial charge is 0.507 e. The van der Waals surface area contributed by atoms with Crippen LogP contribution in [-0.4, -0.2) is 37.6 Å². The predicted molar refractivity (Wildman–Crippen MR) is 133 cm³/mol. The summed E-state index contributed by atoms with van der Waals surface area (Å²) in [6, 6.07) is 17.5. The second kappa shape index (κ2) is 10.1. The second-order valence-electron chi connectivity index (χ2n) is 7.72. The van der Waals surface area contributed by atoms with E-state index in [1.807, 2.05) is 6.92 Å². The number of benzene rings is 3. The Kier molecular flexibility index (Phi) is 6.98. The van der Waals surface area contributed by atoms with Gasteiger partial charge in [-0.15, -0.1) is 0 Å². The number of halogens is 1. The number of methoxy groups -OCH3 is 2. The van der Waals surface area contributed by atoms with Crippen molar-refractivity contribution in [3.05, 3.63) is 88.5 Å². The smallest absolute Gasteiger partial charge is 0.300 e. The van der Waals surface area contributed by atoms with Crippen molar-refractivity contribution in [2.24, 2.45) is 0 Å². The van der Waals surface area contributed by atoms with Gasteiger partial charge in [-0.2, -0.15) is 0 Å². The lowest BCUT2D eigenvalue weighted by atomic mass is 9.94. The molecule has 1 saturated heterocycles. The van der Waals surface area contributed by atoms with Gasteiger partial charge >= 0.3 is 0 Å². The Hall–Kier alpha value is -3.97. The van der Waals surface area contributed by atoms with Crippen LogP contribution in [0.2, 0.25) is 5.02 Å². The molecule has 1 fully saturated rings. The number of anilines is 1. The van der Waals surface area contributed by atoms with Gasteiger partial charge in [-0.05, 0) is 61.0 Å². The molecular formula is C27H24ClNO6. The molecule has 1 N–H and O–H groups in total. The summed E-state index contributed by atoms with van der Waals surface area (Å²) >= 11 is 5.99. The summed E-state index contributed by atoms with van der Waals surface area (Å²) in [4.78, 5) is 28.0. The fraction of sp³-hybridized carbons (Fsp3) is 0.185. The maximum Gasteiger partial charge on any atom is 0.300 e. The molecule has 4 rings (SSSR count). The van der Waals surface area contributed by atoms with Crippen LogP contribution in [0.25, 0.3) is 5.76 Å². The van der Waals surface area contributed by atoms with Crippen molar-refractivity contribution in [1.82, 2.24) is 0 Å². The highest BCUT2D eigenvalue weighted by molar-refractivity contribution is 6.51. The second-order valence-corrected chi connectivity index (χ2v) is 8.16. The van der Waals surface area contributed by atoms with E-state index in [-0.39, 0.29) is 11.3 Å². The third-order valence-corrected chi connectivity index (χ3v) is 5.94. The summed E-state index contributed by atoms with van der Waals surface area (Å²) in [5.74, 6) is -0.415. The number of rotatable bonds is 7. The van der Waals surface area contributed by atoms with Crippen LogP contribution < -0.4 is 19.1 Å². The molecule has 1 atom stereocenters. The summed E-state index contributed by atoms with van der Waals surface area (Å²) < 4.78 is 16.4. The highest BCUT2D eigenvalue weighted by Crippen LogP contribution is 2.44. The van der Waals surface area contributed by atoms with E-state index in [2.05, 4.69) is 0 Å². The lowest BCUT2D eigenvalue weighted by molar-refractivity contribution is -0.132. The minimum Gasteiger partial charge on any atom is -0.507 e. The number of hydrogen-bond acceptors (Lipinski definition) is 6. The van der Waals surface area contributed by atoms with Gasteiger partial charge < -0.3 is 19.3 Å². The van der Waals surface area contributed by atoms with E-state index >= 15 is 0 Å². The zero-order valence-electron chi connectivity index (χ0n) is 19.4. The summed E-state index contributed by atoms with van der Waals surface area (Å²) in [7, 11) is 3.02. The number of aliphatic hydroxyl groups excluding tert-OH is 1. The Balaban J connectivity index is 1.95. The summed E-state index contributed by atoms with van der Waals surface area (Å²) in [5.41, 5.74) is 1.32. The standard InChI is InChI=1S/C27H24ClNO6/c1-4-35-20-7-5-6-19(15-20)29-24(17-10-13-21(33-2)22(14-17)34-3)23(26(31)27(29)32)25(30)16-8-11-18(28)12-9-16/h5-15,24,30H,4H2,1-3H3/b25-23-.